The highest BCUT2D eigenvalue weighted by molar-refractivity contribution is 7.89. The molecule has 1 aliphatic heterocycles. The third kappa shape index (κ3) is 4.32. The number of sulfonamides is 1. The highest BCUT2D eigenvalue weighted by atomic mass is 32.2. The highest BCUT2D eigenvalue weighted by Crippen LogP contribution is 2.27. The molecule has 1 aromatic carbocycles. The lowest BCUT2D eigenvalue weighted by atomic mass is 9.91. The molecular formula is C16H24N2O5S. The van der Waals surface area contributed by atoms with Gasteiger partial charge >= 0.3 is 5.97 Å². The molecule has 0 amide bonds. The fourth-order valence-corrected chi connectivity index (χ4v) is 4.83. The summed E-state index contributed by atoms with van der Waals surface area (Å²) >= 11 is 0. The van der Waals surface area contributed by atoms with Gasteiger partial charge in [0.25, 0.3) is 0 Å². The lowest BCUT2D eigenvalue weighted by Gasteiger charge is -2.37. The molecular weight excluding hydrogens is 332 g/mol. The van der Waals surface area contributed by atoms with Crippen LogP contribution in [0.5, 0.6) is 0 Å². The number of aliphatic hydroxyl groups excluding tert-OH is 1. The molecule has 8 heteroatoms. The van der Waals surface area contributed by atoms with E-state index in [1.165, 1.54) is 28.6 Å². The number of carboxylic acids is 1. The number of carbonyl (C=O) groups is 1. The fraction of sp³-hybridized carbons (Fsp3) is 0.562. The Bertz CT molecular complexity index is 689. The second-order valence-electron chi connectivity index (χ2n) is 6.57. The van der Waals surface area contributed by atoms with Crippen molar-refractivity contribution in [1.82, 2.24) is 9.21 Å². The largest absolute Gasteiger partial charge is 0.478 e. The average molecular weight is 356 g/mol. The summed E-state index contributed by atoms with van der Waals surface area (Å²) in [4.78, 5) is 13.1. The maximum atomic E-state index is 12.9. The van der Waals surface area contributed by atoms with Gasteiger partial charge in [-0.2, -0.15) is 4.31 Å². The zero-order valence-electron chi connectivity index (χ0n) is 13.9. The summed E-state index contributed by atoms with van der Waals surface area (Å²) in [5.41, 5.74) is -0.0587. The average Bonchev–Trinajstić information content (AvgIpc) is 2.53. The van der Waals surface area contributed by atoms with E-state index >= 15 is 0 Å². The molecule has 0 bridgehead atoms. The summed E-state index contributed by atoms with van der Waals surface area (Å²) < 4.78 is 27.2. The minimum absolute atomic E-state index is 0.0235. The van der Waals surface area contributed by atoms with Crippen LogP contribution in [0.2, 0.25) is 0 Å². The number of hydrogen-bond donors (Lipinski definition) is 2. The first-order valence-corrected chi connectivity index (χ1v) is 9.27. The Morgan fingerprint density at radius 3 is 2.54 bits per heavy atom. The Kier molecular flexibility index (Phi) is 5.97. The molecule has 2 atom stereocenters. The number of nitrogens with zero attached hydrogens (tertiary/aromatic N) is 2. The van der Waals surface area contributed by atoms with E-state index in [1.54, 1.807) is 0 Å². The molecule has 0 unspecified atom stereocenters. The van der Waals surface area contributed by atoms with Gasteiger partial charge in [-0.3, -0.25) is 0 Å². The number of aromatic carboxylic acids is 1. The number of benzene rings is 1. The molecule has 0 aliphatic carbocycles. The van der Waals surface area contributed by atoms with Gasteiger partial charge in [0.1, 0.15) is 0 Å². The van der Waals surface area contributed by atoms with Crippen LogP contribution in [0.3, 0.4) is 0 Å². The molecule has 7 nitrogen and oxygen atoms in total. The van der Waals surface area contributed by atoms with Crippen LogP contribution in [0, 0.1) is 11.8 Å². The van der Waals surface area contributed by atoms with E-state index in [9.17, 15) is 18.3 Å². The van der Waals surface area contributed by atoms with Gasteiger partial charge < -0.3 is 15.1 Å². The molecule has 0 radical (unpaired) electrons. The van der Waals surface area contributed by atoms with Gasteiger partial charge in [0, 0.05) is 26.2 Å². The van der Waals surface area contributed by atoms with E-state index in [4.69, 9.17) is 5.11 Å². The predicted molar refractivity (Wildman–Crippen MR) is 89.4 cm³/mol. The van der Waals surface area contributed by atoms with Crippen molar-refractivity contribution in [3.63, 3.8) is 0 Å². The van der Waals surface area contributed by atoms with Crippen molar-refractivity contribution in [2.24, 2.45) is 11.8 Å². The SMILES string of the molecule is CN(C)C[C@H]1C[C@@H](CO)CN(S(=O)(=O)c2cccc(C(=O)O)c2)C1. The summed E-state index contributed by atoms with van der Waals surface area (Å²) in [7, 11) is 0.0672. The van der Waals surface area contributed by atoms with E-state index in [0.29, 0.717) is 6.54 Å². The Morgan fingerprint density at radius 1 is 1.29 bits per heavy atom. The molecule has 1 saturated heterocycles. The Balaban J connectivity index is 2.29. The maximum Gasteiger partial charge on any atom is 0.335 e. The van der Waals surface area contributed by atoms with Crippen molar-refractivity contribution < 1.29 is 23.4 Å². The first-order valence-electron chi connectivity index (χ1n) is 7.83. The lowest BCUT2D eigenvalue weighted by molar-refractivity contribution is 0.0696. The number of piperidine rings is 1. The summed E-state index contributed by atoms with van der Waals surface area (Å²) in [5.74, 6) is -1.14. The quantitative estimate of drug-likeness (QED) is 0.773. The van der Waals surface area contributed by atoms with Crippen molar-refractivity contribution in [1.29, 1.82) is 0 Å². The molecule has 1 heterocycles. The molecule has 2 N–H and O–H groups in total. The van der Waals surface area contributed by atoms with Gasteiger partial charge in [0.2, 0.25) is 10.0 Å². The van der Waals surface area contributed by atoms with Crippen molar-refractivity contribution in [3.8, 4) is 0 Å². The van der Waals surface area contributed by atoms with Crippen LogP contribution in [0.4, 0.5) is 0 Å². The van der Waals surface area contributed by atoms with Gasteiger partial charge in [-0.25, -0.2) is 13.2 Å². The molecule has 0 aromatic heterocycles. The van der Waals surface area contributed by atoms with Crippen LogP contribution in [-0.4, -0.2) is 74.1 Å². The van der Waals surface area contributed by atoms with Crippen LogP contribution in [-0.2, 0) is 10.0 Å². The molecule has 0 spiro atoms. The summed E-state index contributed by atoms with van der Waals surface area (Å²) in [6.45, 7) is 1.29. The third-order valence-electron chi connectivity index (χ3n) is 4.19. The van der Waals surface area contributed by atoms with E-state index < -0.39 is 16.0 Å². The number of rotatable bonds is 6. The Morgan fingerprint density at radius 2 is 1.96 bits per heavy atom. The Labute approximate surface area is 142 Å². The Hall–Kier alpha value is -1.48. The minimum atomic E-state index is -3.79. The van der Waals surface area contributed by atoms with Crippen LogP contribution in [0.25, 0.3) is 0 Å². The van der Waals surface area contributed by atoms with Crippen LogP contribution in [0.1, 0.15) is 16.8 Å². The summed E-state index contributed by atoms with van der Waals surface area (Å²) in [5, 5.41) is 18.6. The van der Waals surface area contributed by atoms with Crippen LogP contribution in [0.15, 0.2) is 29.2 Å². The van der Waals surface area contributed by atoms with Gasteiger partial charge in [0.15, 0.2) is 0 Å². The van der Waals surface area contributed by atoms with Crippen molar-refractivity contribution in [2.45, 2.75) is 11.3 Å². The number of hydrogen-bond acceptors (Lipinski definition) is 5. The monoisotopic (exact) mass is 356 g/mol. The molecule has 134 valence electrons. The minimum Gasteiger partial charge on any atom is -0.478 e. The van der Waals surface area contributed by atoms with Crippen molar-refractivity contribution in [2.75, 3.05) is 40.3 Å². The fourth-order valence-electron chi connectivity index (χ4n) is 3.19. The first-order chi connectivity index (χ1) is 11.2. The highest BCUT2D eigenvalue weighted by Gasteiger charge is 2.35. The molecule has 1 aromatic rings. The van der Waals surface area contributed by atoms with Gasteiger partial charge in [-0.05, 0) is 50.6 Å². The maximum absolute atomic E-state index is 12.9. The lowest BCUT2D eigenvalue weighted by Crippen LogP contribution is -2.47. The zero-order valence-corrected chi connectivity index (χ0v) is 14.7. The normalized spacial score (nSPS) is 22.7. The summed E-state index contributed by atoms with van der Waals surface area (Å²) in [6, 6.07) is 5.39. The van der Waals surface area contributed by atoms with Gasteiger partial charge in [-0.15, -0.1) is 0 Å². The summed E-state index contributed by atoms with van der Waals surface area (Å²) in [6.07, 6.45) is 0.774. The van der Waals surface area contributed by atoms with Crippen molar-refractivity contribution in [3.05, 3.63) is 29.8 Å². The molecule has 2 rings (SSSR count). The van der Waals surface area contributed by atoms with Crippen molar-refractivity contribution >= 4 is 16.0 Å². The number of carboxylic acid groups (broad SMARTS) is 1. The second-order valence-corrected chi connectivity index (χ2v) is 8.51. The van der Waals surface area contributed by atoms with E-state index in [0.717, 1.165) is 13.0 Å². The smallest absolute Gasteiger partial charge is 0.335 e. The zero-order chi connectivity index (χ0) is 17.9. The van der Waals surface area contributed by atoms with Gasteiger partial charge in [-0.1, -0.05) is 6.07 Å². The third-order valence-corrected chi connectivity index (χ3v) is 6.02. The standard InChI is InChI=1S/C16H24N2O5S/c1-17(2)8-12-6-13(11-19)10-18(9-12)24(22,23)15-5-3-4-14(7-15)16(20)21/h3-5,7,12-13,19H,6,8-11H2,1-2H3,(H,20,21)/t12-,13-/m1/s1. The second kappa shape index (κ2) is 7.60. The topological polar surface area (TPSA) is 98.2 Å². The van der Waals surface area contributed by atoms with Crippen LogP contribution >= 0.6 is 0 Å². The van der Waals surface area contributed by atoms with E-state index in [-0.39, 0.29) is 35.4 Å². The molecule has 0 saturated carbocycles. The van der Waals surface area contributed by atoms with Crippen LogP contribution < -0.4 is 0 Å². The number of aliphatic hydroxyl groups is 1. The molecule has 1 aliphatic rings. The predicted octanol–water partition coefficient (Wildman–Crippen LogP) is 0.566. The first kappa shape index (κ1) is 18.9. The van der Waals surface area contributed by atoms with E-state index in [1.807, 2.05) is 19.0 Å². The van der Waals surface area contributed by atoms with E-state index in [2.05, 4.69) is 0 Å². The van der Waals surface area contributed by atoms with Gasteiger partial charge in [0.05, 0.1) is 10.5 Å². The molecule has 24 heavy (non-hydrogen) atoms. The molecule has 1 fully saturated rings.